The Kier molecular flexibility index (Phi) is 8.17. The highest BCUT2D eigenvalue weighted by Crippen LogP contribution is 2.48. The topological polar surface area (TPSA) is 138 Å². The molecule has 1 aliphatic carbocycles. The van der Waals surface area contributed by atoms with Crippen LogP contribution >= 0.6 is 23.2 Å². The fourth-order valence-corrected chi connectivity index (χ4v) is 5.86. The molecule has 1 fully saturated rings. The predicted molar refractivity (Wildman–Crippen MR) is 151 cm³/mol. The Morgan fingerprint density at radius 3 is 2.48 bits per heavy atom. The number of urea groups is 1. The second-order valence-corrected chi connectivity index (χ2v) is 10.4. The number of hydrogen-bond donors (Lipinski definition) is 3. The van der Waals surface area contributed by atoms with Crippen molar-refractivity contribution in [3.05, 3.63) is 45.8 Å². The van der Waals surface area contributed by atoms with Crippen LogP contribution in [0.3, 0.4) is 0 Å². The fraction of sp³-hybridized carbons (Fsp3) is 0.423. The quantitative estimate of drug-likeness (QED) is 0.349. The smallest absolute Gasteiger partial charge is 0.330 e. The molecule has 212 valence electrons. The first-order valence-electron chi connectivity index (χ1n) is 12.9. The SMILES string of the molecule is COc1cc(OC)c(Cl)c(N2Cc3cnc(N[C@@H]4CCCC[C@@H]4NC(C)=O)nc3N(Cc3ccn[nH]3)C2=O)c1Cl. The molecular weight excluding hydrogens is 559 g/mol. The number of carbonyl (C=O) groups is 2. The molecule has 1 saturated carbocycles. The van der Waals surface area contributed by atoms with Crippen LogP contribution in [0, 0.1) is 0 Å². The highest BCUT2D eigenvalue weighted by molar-refractivity contribution is 6.42. The number of benzene rings is 1. The van der Waals surface area contributed by atoms with E-state index in [1.807, 2.05) is 0 Å². The summed E-state index contributed by atoms with van der Waals surface area (Å²) in [6.07, 6.45) is 7.10. The van der Waals surface area contributed by atoms with Crippen molar-refractivity contribution in [3.63, 3.8) is 0 Å². The summed E-state index contributed by atoms with van der Waals surface area (Å²) in [7, 11) is 2.95. The molecule has 0 saturated heterocycles. The van der Waals surface area contributed by atoms with E-state index in [1.54, 1.807) is 24.5 Å². The largest absolute Gasteiger partial charge is 0.495 e. The molecule has 3 amide bonds. The third kappa shape index (κ3) is 5.46. The number of nitrogens with one attached hydrogen (secondary N) is 3. The van der Waals surface area contributed by atoms with Crippen molar-refractivity contribution in [1.82, 2.24) is 25.5 Å². The zero-order valence-electron chi connectivity index (χ0n) is 22.3. The van der Waals surface area contributed by atoms with E-state index in [4.69, 9.17) is 37.7 Å². The Morgan fingerprint density at radius 1 is 1.15 bits per heavy atom. The summed E-state index contributed by atoms with van der Waals surface area (Å²) in [5.74, 6) is 1.37. The van der Waals surface area contributed by atoms with Gasteiger partial charge < -0.3 is 20.1 Å². The van der Waals surface area contributed by atoms with Crippen molar-refractivity contribution in [2.45, 2.75) is 57.8 Å². The number of ether oxygens (including phenoxy) is 2. The van der Waals surface area contributed by atoms with Crippen LogP contribution < -0.4 is 29.9 Å². The Bertz CT molecular complexity index is 1380. The molecule has 0 spiro atoms. The number of aromatic amines is 1. The Morgan fingerprint density at radius 2 is 1.85 bits per heavy atom. The van der Waals surface area contributed by atoms with Gasteiger partial charge in [0, 0.05) is 43.0 Å². The molecular formula is C26H30Cl2N8O4. The number of aromatic nitrogens is 4. The maximum Gasteiger partial charge on any atom is 0.330 e. The summed E-state index contributed by atoms with van der Waals surface area (Å²) in [5, 5.41) is 13.7. The van der Waals surface area contributed by atoms with E-state index in [1.165, 1.54) is 30.9 Å². The Labute approximate surface area is 241 Å². The van der Waals surface area contributed by atoms with Crippen LogP contribution in [0.2, 0.25) is 10.0 Å². The van der Waals surface area contributed by atoms with Crippen LogP contribution in [0.1, 0.15) is 43.9 Å². The summed E-state index contributed by atoms with van der Waals surface area (Å²) in [6, 6.07) is 2.88. The van der Waals surface area contributed by atoms with Gasteiger partial charge in [0.05, 0.1) is 38.7 Å². The van der Waals surface area contributed by atoms with Crippen LogP contribution in [0.15, 0.2) is 24.5 Å². The lowest BCUT2D eigenvalue weighted by atomic mass is 9.90. The summed E-state index contributed by atoms with van der Waals surface area (Å²) >= 11 is 13.4. The Balaban J connectivity index is 1.53. The molecule has 12 nitrogen and oxygen atoms in total. The van der Waals surface area contributed by atoms with Gasteiger partial charge in [0.25, 0.3) is 0 Å². The third-order valence-electron chi connectivity index (χ3n) is 7.06. The molecule has 0 unspecified atom stereocenters. The number of hydrogen-bond acceptors (Lipinski definition) is 8. The van der Waals surface area contributed by atoms with Gasteiger partial charge in [-0.25, -0.2) is 9.78 Å². The number of methoxy groups -OCH3 is 2. The number of nitrogens with zero attached hydrogens (tertiary/aromatic N) is 5. The fourth-order valence-electron chi connectivity index (χ4n) is 5.16. The van der Waals surface area contributed by atoms with Crippen molar-refractivity contribution < 1.29 is 19.1 Å². The number of halogens is 2. The van der Waals surface area contributed by atoms with E-state index in [2.05, 4.69) is 25.8 Å². The first-order valence-corrected chi connectivity index (χ1v) is 13.6. The van der Waals surface area contributed by atoms with Crippen LogP contribution in [0.4, 0.5) is 22.2 Å². The van der Waals surface area contributed by atoms with Crippen molar-refractivity contribution in [1.29, 1.82) is 0 Å². The lowest BCUT2D eigenvalue weighted by molar-refractivity contribution is -0.119. The third-order valence-corrected chi connectivity index (χ3v) is 7.79. The number of H-pyrrole nitrogens is 1. The molecule has 5 rings (SSSR count). The lowest BCUT2D eigenvalue weighted by Gasteiger charge is -2.37. The second-order valence-electron chi connectivity index (χ2n) is 9.68. The maximum atomic E-state index is 14.1. The average Bonchev–Trinajstić information content (AvgIpc) is 3.45. The molecule has 2 aliphatic rings. The van der Waals surface area contributed by atoms with E-state index in [0.717, 1.165) is 25.7 Å². The van der Waals surface area contributed by atoms with Crippen molar-refractivity contribution >= 4 is 52.6 Å². The van der Waals surface area contributed by atoms with Gasteiger partial charge in [-0.3, -0.25) is 19.7 Å². The Hall–Kier alpha value is -3.77. The van der Waals surface area contributed by atoms with Gasteiger partial charge >= 0.3 is 6.03 Å². The molecule has 2 aromatic heterocycles. The predicted octanol–water partition coefficient (Wildman–Crippen LogP) is 4.53. The van der Waals surface area contributed by atoms with Gasteiger partial charge in [-0.05, 0) is 18.9 Å². The zero-order chi connectivity index (χ0) is 28.4. The summed E-state index contributed by atoms with van der Waals surface area (Å²) in [5.41, 5.74) is 1.64. The minimum absolute atomic E-state index is 0.0311. The highest BCUT2D eigenvalue weighted by Gasteiger charge is 2.37. The number of anilines is 3. The molecule has 3 heterocycles. The summed E-state index contributed by atoms with van der Waals surface area (Å²) in [6.45, 7) is 1.79. The lowest BCUT2D eigenvalue weighted by Crippen LogP contribution is -2.49. The van der Waals surface area contributed by atoms with Crippen molar-refractivity contribution in [2.24, 2.45) is 0 Å². The molecule has 1 aromatic carbocycles. The number of amides is 3. The minimum Gasteiger partial charge on any atom is -0.495 e. The second kappa shape index (κ2) is 11.8. The van der Waals surface area contributed by atoms with E-state index < -0.39 is 6.03 Å². The standard InChI is InChI=1S/C26H30Cl2N8O4/c1-14(37)31-17-6-4-5-7-18(17)32-25-29-11-15-12-35(23-21(27)19(39-2)10-20(40-3)22(23)28)26(38)36(24(15)33-25)13-16-8-9-30-34-16/h8-11,17-18H,4-7,12-13H2,1-3H3,(H,30,34)(H,31,37)(H,29,32,33)/t17-,18+/m0/s1. The molecule has 0 bridgehead atoms. The minimum atomic E-state index is -0.403. The molecule has 40 heavy (non-hydrogen) atoms. The maximum absolute atomic E-state index is 14.1. The summed E-state index contributed by atoms with van der Waals surface area (Å²) in [4.78, 5) is 38.1. The highest BCUT2D eigenvalue weighted by atomic mass is 35.5. The van der Waals surface area contributed by atoms with Gasteiger partial charge in [-0.15, -0.1) is 0 Å². The van der Waals surface area contributed by atoms with Gasteiger partial charge in [0.1, 0.15) is 27.4 Å². The summed E-state index contributed by atoms with van der Waals surface area (Å²) < 4.78 is 10.8. The molecule has 3 aromatic rings. The van der Waals surface area contributed by atoms with Gasteiger partial charge in [-0.2, -0.15) is 10.1 Å². The number of fused-ring (bicyclic) bond motifs is 1. The van der Waals surface area contributed by atoms with E-state index in [0.29, 0.717) is 34.5 Å². The molecule has 3 N–H and O–H groups in total. The van der Waals surface area contributed by atoms with Gasteiger partial charge in [-0.1, -0.05) is 36.0 Å². The van der Waals surface area contributed by atoms with E-state index >= 15 is 0 Å². The molecule has 2 atom stereocenters. The number of rotatable bonds is 8. The molecule has 1 aliphatic heterocycles. The van der Waals surface area contributed by atoms with Crippen molar-refractivity contribution in [3.8, 4) is 11.5 Å². The zero-order valence-corrected chi connectivity index (χ0v) is 23.8. The van der Waals surface area contributed by atoms with E-state index in [-0.39, 0.29) is 46.8 Å². The van der Waals surface area contributed by atoms with Crippen LogP contribution in [0.25, 0.3) is 0 Å². The average molecular weight is 589 g/mol. The van der Waals surface area contributed by atoms with Gasteiger partial charge in [0.2, 0.25) is 11.9 Å². The van der Waals surface area contributed by atoms with Gasteiger partial charge in [0.15, 0.2) is 0 Å². The van der Waals surface area contributed by atoms with Crippen LogP contribution in [-0.2, 0) is 17.9 Å². The van der Waals surface area contributed by atoms with Crippen LogP contribution in [0.5, 0.6) is 11.5 Å². The first-order chi connectivity index (χ1) is 19.3. The van der Waals surface area contributed by atoms with E-state index in [9.17, 15) is 9.59 Å². The first kappa shape index (κ1) is 27.8. The monoisotopic (exact) mass is 588 g/mol. The van der Waals surface area contributed by atoms with Crippen LogP contribution in [-0.4, -0.2) is 58.4 Å². The number of carbonyl (C=O) groups excluding carboxylic acids is 2. The van der Waals surface area contributed by atoms with Crippen molar-refractivity contribution in [2.75, 3.05) is 29.3 Å². The molecule has 14 heteroatoms. The molecule has 0 radical (unpaired) electrons. The normalized spacial score (nSPS) is 18.8.